The number of piperidine rings is 1. The van der Waals surface area contributed by atoms with Crippen molar-refractivity contribution in [2.75, 3.05) is 18.8 Å². The van der Waals surface area contributed by atoms with Crippen LogP contribution in [0, 0.1) is 17.6 Å². The molecule has 1 fully saturated rings. The molecule has 0 bridgehead atoms. The smallest absolute Gasteiger partial charge is 0.229 e. The molecule has 0 amide bonds. The molecule has 1 saturated heterocycles. The molecule has 0 spiro atoms. The van der Waals surface area contributed by atoms with Gasteiger partial charge in [-0.1, -0.05) is 19.9 Å². The zero-order valence-electron chi connectivity index (χ0n) is 13.6. The van der Waals surface area contributed by atoms with Crippen molar-refractivity contribution in [3.8, 4) is 0 Å². The molecule has 2 rings (SSSR count). The largest absolute Gasteiger partial charge is 0.248 e. The molecule has 136 valence electrons. The van der Waals surface area contributed by atoms with E-state index < -0.39 is 41.6 Å². The molecule has 1 aromatic carbocycles. The minimum atomic E-state index is -4.33. The zero-order chi connectivity index (χ0) is 18.1. The minimum Gasteiger partial charge on any atom is -0.229 e. The zero-order valence-corrected chi connectivity index (χ0v) is 15.2. The summed E-state index contributed by atoms with van der Waals surface area (Å²) in [6, 6.07) is 2.86. The standard InChI is InChI=1S/C15H21F2NO4S2/c1-11(2)10-23(19,20)12-6-8-18(9-7-12)24(21,22)15-13(16)4-3-5-14(15)17/h3-5,11-12H,6-10H2,1-2H3. The van der Waals surface area contributed by atoms with E-state index in [1.807, 2.05) is 0 Å². The maximum absolute atomic E-state index is 13.8. The molecule has 0 aliphatic carbocycles. The SMILES string of the molecule is CC(C)CS(=O)(=O)C1CCN(S(=O)(=O)c2c(F)cccc2F)CC1. The van der Waals surface area contributed by atoms with Gasteiger partial charge in [0.05, 0.1) is 11.0 Å². The maximum atomic E-state index is 13.8. The van der Waals surface area contributed by atoms with Crippen molar-refractivity contribution in [2.24, 2.45) is 5.92 Å². The molecule has 0 radical (unpaired) electrons. The summed E-state index contributed by atoms with van der Waals surface area (Å²) in [4.78, 5) is -0.978. The second-order valence-electron chi connectivity index (χ2n) is 6.38. The average molecular weight is 381 g/mol. The molecule has 0 saturated carbocycles. The van der Waals surface area contributed by atoms with Gasteiger partial charge >= 0.3 is 0 Å². The second-order valence-corrected chi connectivity index (χ2v) is 10.6. The van der Waals surface area contributed by atoms with Crippen molar-refractivity contribution in [3.05, 3.63) is 29.8 Å². The Labute approximate surface area is 141 Å². The Morgan fingerprint density at radius 2 is 1.58 bits per heavy atom. The van der Waals surface area contributed by atoms with Crippen LogP contribution < -0.4 is 0 Å². The first-order valence-corrected chi connectivity index (χ1v) is 10.9. The molecular formula is C15H21F2NO4S2. The number of hydrogen-bond acceptors (Lipinski definition) is 4. The van der Waals surface area contributed by atoms with Crippen LogP contribution in [0.2, 0.25) is 0 Å². The van der Waals surface area contributed by atoms with Gasteiger partial charge in [-0.25, -0.2) is 25.6 Å². The summed E-state index contributed by atoms with van der Waals surface area (Å²) in [6.07, 6.45) is 0.259. The van der Waals surface area contributed by atoms with Gasteiger partial charge in [-0.2, -0.15) is 4.31 Å². The van der Waals surface area contributed by atoms with Gasteiger partial charge in [0.2, 0.25) is 10.0 Å². The van der Waals surface area contributed by atoms with E-state index in [-0.39, 0.29) is 37.6 Å². The summed E-state index contributed by atoms with van der Waals surface area (Å²) in [5, 5.41) is -0.614. The lowest BCUT2D eigenvalue weighted by molar-refractivity contribution is 0.341. The van der Waals surface area contributed by atoms with E-state index in [0.717, 1.165) is 22.5 Å². The van der Waals surface area contributed by atoms with Gasteiger partial charge in [0, 0.05) is 13.1 Å². The van der Waals surface area contributed by atoms with Gasteiger partial charge in [-0.05, 0) is 30.9 Å². The highest BCUT2D eigenvalue weighted by molar-refractivity contribution is 7.92. The number of sulfone groups is 1. The Morgan fingerprint density at radius 1 is 1.08 bits per heavy atom. The van der Waals surface area contributed by atoms with E-state index in [1.54, 1.807) is 13.8 Å². The Hall–Kier alpha value is -1.06. The van der Waals surface area contributed by atoms with Crippen LogP contribution in [0.4, 0.5) is 8.78 Å². The Bertz CT molecular complexity index is 779. The predicted molar refractivity (Wildman–Crippen MR) is 86.8 cm³/mol. The van der Waals surface area contributed by atoms with Crippen LogP contribution >= 0.6 is 0 Å². The molecule has 1 heterocycles. The first-order valence-electron chi connectivity index (χ1n) is 7.71. The maximum Gasteiger partial charge on any atom is 0.248 e. The lowest BCUT2D eigenvalue weighted by Gasteiger charge is -2.31. The van der Waals surface area contributed by atoms with Crippen LogP contribution in [0.5, 0.6) is 0 Å². The number of halogens is 2. The van der Waals surface area contributed by atoms with Crippen LogP contribution in [-0.4, -0.2) is 45.2 Å². The molecule has 0 N–H and O–H groups in total. The molecule has 1 aliphatic rings. The average Bonchev–Trinajstić information content (AvgIpc) is 2.45. The van der Waals surface area contributed by atoms with Crippen molar-refractivity contribution < 1.29 is 25.6 Å². The third-order valence-electron chi connectivity index (χ3n) is 3.99. The minimum absolute atomic E-state index is 0.00993. The van der Waals surface area contributed by atoms with Crippen molar-refractivity contribution in [1.82, 2.24) is 4.31 Å². The highest BCUT2D eigenvalue weighted by Crippen LogP contribution is 2.27. The predicted octanol–water partition coefficient (Wildman–Crippen LogP) is 2.19. The molecular weight excluding hydrogens is 360 g/mol. The number of sulfonamides is 1. The fourth-order valence-electron chi connectivity index (χ4n) is 2.89. The molecule has 1 aliphatic heterocycles. The highest BCUT2D eigenvalue weighted by atomic mass is 32.2. The van der Waals surface area contributed by atoms with E-state index in [0.29, 0.717) is 0 Å². The summed E-state index contributed by atoms with van der Waals surface area (Å²) in [5.74, 6) is -2.26. The van der Waals surface area contributed by atoms with E-state index in [4.69, 9.17) is 0 Å². The second kappa shape index (κ2) is 7.05. The summed E-state index contributed by atoms with van der Waals surface area (Å²) in [5.41, 5.74) is 0. The fraction of sp³-hybridized carbons (Fsp3) is 0.600. The van der Waals surface area contributed by atoms with Gasteiger partial charge in [0.1, 0.15) is 11.6 Å². The quantitative estimate of drug-likeness (QED) is 0.784. The number of rotatable bonds is 5. The molecule has 1 aromatic rings. The fourth-order valence-corrected chi connectivity index (χ4v) is 6.60. The van der Waals surface area contributed by atoms with E-state index in [2.05, 4.69) is 0 Å². The van der Waals surface area contributed by atoms with Gasteiger partial charge in [-0.3, -0.25) is 0 Å². The molecule has 0 unspecified atom stereocenters. The van der Waals surface area contributed by atoms with Crippen molar-refractivity contribution in [1.29, 1.82) is 0 Å². The highest BCUT2D eigenvalue weighted by Gasteiger charge is 2.37. The third-order valence-corrected chi connectivity index (χ3v) is 8.56. The van der Waals surface area contributed by atoms with Crippen molar-refractivity contribution >= 4 is 19.9 Å². The number of hydrogen-bond donors (Lipinski definition) is 0. The van der Waals surface area contributed by atoms with Crippen LogP contribution in [0.3, 0.4) is 0 Å². The van der Waals surface area contributed by atoms with E-state index >= 15 is 0 Å². The molecule has 0 aromatic heterocycles. The van der Waals surface area contributed by atoms with Gasteiger partial charge in [0.15, 0.2) is 14.7 Å². The number of nitrogens with zero attached hydrogens (tertiary/aromatic N) is 1. The summed E-state index contributed by atoms with van der Waals surface area (Å²) < 4.78 is 77.9. The summed E-state index contributed by atoms with van der Waals surface area (Å²) in [7, 11) is -7.63. The molecule has 9 heteroatoms. The third kappa shape index (κ3) is 3.94. The Morgan fingerprint density at radius 3 is 2.04 bits per heavy atom. The normalized spacial score (nSPS) is 18.2. The molecule has 5 nitrogen and oxygen atoms in total. The van der Waals surface area contributed by atoms with Crippen molar-refractivity contribution in [2.45, 2.75) is 36.8 Å². The van der Waals surface area contributed by atoms with Crippen LogP contribution in [0.25, 0.3) is 0 Å². The lowest BCUT2D eigenvalue weighted by Crippen LogP contribution is -2.43. The Balaban J connectivity index is 2.18. The van der Waals surface area contributed by atoms with Crippen LogP contribution in [0.1, 0.15) is 26.7 Å². The Kier molecular flexibility index (Phi) is 5.66. The topological polar surface area (TPSA) is 71.5 Å². The summed E-state index contributed by atoms with van der Waals surface area (Å²) >= 11 is 0. The lowest BCUT2D eigenvalue weighted by atomic mass is 10.2. The molecule has 0 atom stereocenters. The van der Waals surface area contributed by atoms with E-state index in [9.17, 15) is 25.6 Å². The van der Waals surface area contributed by atoms with E-state index in [1.165, 1.54) is 0 Å². The van der Waals surface area contributed by atoms with Crippen LogP contribution in [-0.2, 0) is 19.9 Å². The van der Waals surface area contributed by atoms with Crippen molar-refractivity contribution in [3.63, 3.8) is 0 Å². The van der Waals surface area contributed by atoms with Crippen LogP contribution in [0.15, 0.2) is 23.1 Å². The molecule has 24 heavy (non-hydrogen) atoms. The monoisotopic (exact) mass is 381 g/mol. The summed E-state index contributed by atoms with van der Waals surface area (Å²) in [6.45, 7) is 3.46. The van der Waals surface area contributed by atoms with Gasteiger partial charge < -0.3 is 0 Å². The van der Waals surface area contributed by atoms with Gasteiger partial charge in [-0.15, -0.1) is 0 Å². The first-order chi connectivity index (χ1) is 11.1. The number of benzene rings is 1. The first kappa shape index (κ1) is 19.3. The van der Waals surface area contributed by atoms with Gasteiger partial charge in [0.25, 0.3) is 0 Å².